The SMILES string of the molecule is CCCn1nc(NC(=O)CC)c2cc3cc(OC)ccc3nc21. The zero-order valence-electron chi connectivity index (χ0n) is 13.6. The molecule has 0 aliphatic carbocycles. The molecule has 3 rings (SSSR count). The summed E-state index contributed by atoms with van der Waals surface area (Å²) >= 11 is 0. The number of nitrogens with zero attached hydrogens (tertiary/aromatic N) is 3. The Hall–Kier alpha value is -2.63. The molecule has 0 fully saturated rings. The van der Waals surface area contributed by atoms with Crippen LogP contribution in [0.5, 0.6) is 5.75 Å². The van der Waals surface area contributed by atoms with Crippen molar-refractivity contribution < 1.29 is 9.53 Å². The van der Waals surface area contributed by atoms with Gasteiger partial charge < -0.3 is 10.1 Å². The van der Waals surface area contributed by atoms with Gasteiger partial charge in [-0.2, -0.15) is 5.10 Å². The number of aromatic nitrogens is 3. The normalized spacial score (nSPS) is 11.1. The second-order valence-electron chi connectivity index (χ2n) is 5.39. The predicted molar refractivity (Wildman–Crippen MR) is 90.8 cm³/mol. The van der Waals surface area contributed by atoms with Crippen LogP contribution in [0.4, 0.5) is 5.82 Å². The van der Waals surface area contributed by atoms with Gasteiger partial charge in [0, 0.05) is 18.4 Å². The van der Waals surface area contributed by atoms with Crippen molar-refractivity contribution >= 4 is 33.7 Å². The first kappa shape index (κ1) is 15.3. The van der Waals surface area contributed by atoms with Crippen molar-refractivity contribution in [3.05, 3.63) is 24.3 Å². The van der Waals surface area contributed by atoms with E-state index in [1.165, 1.54) is 0 Å². The van der Waals surface area contributed by atoms with Gasteiger partial charge in [0.05, 0.1) is 18.0 Å². The number of carbonyl (C=O) groups is 1. The van der Waals surface area contributed by atoms with Crippen LogP contribution in [0.15, 0.2) is 24.3 Å². The fourth-order valence-electron chi connectivity index (χ4n) is 2.54. The predicted octanol–water partition coefficient (Wildman–Crippen LogP) is 3.35. The van der Waals surface area contributed by atoms with E-state index in [9.17, 15) is 4.79 Å². The highest BCUT2D eigenvalue weighted by molar-refractivity contribution is 6.02. The summed E-state index contributed by atoms with van der Waals surface area (Å²) in [7, 11) is 1.64. The maximum absolute atomic E-state index is 11.8. The van der Waals surface area contributed by atoms with Gasteiger partial charge in [-0.3, -0.25) is 4.79 Å². The molecule has 1 aromatic carbocycles. The smallest absolute Gasteiger partial charge is 0.225 e. The standard InChI is InChI=1S/C17H20N4O2/c1-4-8-21-17-13(16(20-21)19-15(22)5-2)10-11-9-12(23-3)6-7-14(11)18-17/h6-7,9-10H,4-5,8H2,1-3H3,(H,19,20,22). The Labute approximate surface area is 134 Å². The van der Waals surface area contributed by atoms with E-state index in [4.69, 9.17) is 9.72 Å². The Kier molecular flexibility index (Phi) is 4.14. The first-order valence-electron chi connectivity index (χ1n) is 7.81. The summed E-state index contributed by atoms with van der Waals surface area (Å²) in [6, 6.07) is 7.76. The van der Waals surface area contributed by atoms with Gasteiger partial charge >= 0.3 is 0 Å². The summed E-state index contributed by atoms with van der Waals surface area (Å²) in [4.78, 5) is 16.5. The average Bonchev–Trinajstić information content (AvgIpc) is 2.89. The Morgan fingerprint density at radius 1 is 1.30 bits per heavy atom. The van der Waals surface area contributed by atoms with Gasteiger partial charge in [0.1, 0.15) is 5.75 Å². The highest BCUT2D eigenvalue weighted by atomic mass is 16.5. The Morgan fingerprint density at radius 2 is 2.13 bits per heavy atom. The minimum absolute atomic E-state index is 0.0567. The van der Waals surface area contributed by atoms with Crippen molar-refractivity contribution in [3.63, 3.8) is 0 Å². The number of methoxy groups -OCH3 is 1. The first-order valence-corrected chi connectivity index (χ1v) is 7.81. The van der Waals surface area contributed by atoms with Gasteiger partial charge in [0.2, 0.25) is 5.91 Å². The molecule has 6 nitrogen and oxygen atoms in total. The molecule has 6 heteroatoms. The van der Waals surface area contributed by atoms with Gasteiger partial charge in [-0.05, 0) is 30.7 Å². The molecule has 0 saturated carbocycles. The molecular formula is C17H20N4O2. The second-order valence-corrected chi connectivity index (χ2v) is 5.39. The van der Waals surface area contributed by atoms with Crippen LogP contribution in [0.25, 0.3) is 21.9 Å². The summed E-state index contributed by atoms with van der Waals surface area (Å²) in [5.41, 5.74) is 1.67. The van der Waals surface area contributed by atoms with E-state index in [1.54, 1.807) is 7.11 Å². The lowest BCUT2D eigenvalue weighted by Gasteiger charge is -2.04. The third kappa shape index (κ3) is 2.84. The van der Waals surface area contributed by atoms with Crippen molar-refractivity contribution in [3.8, 4) is 5.75 Å². The number of nitrogens with one attached hydrogen (secondary N) is 1. The lowest BCUT2D eigenvalue weighted by molar-refractivity contribution is -0.115. The molecular weight excluding hydrogens is 292 g/mol. The molecule has 0 unspecified atom stereocenters. The molecule has 2 heterocycles. The molecule has 0 bridgehead atoms. The van der Waals surface area contributed by atoms with E-state index in [0.29, 0.717) is 12.2 Å². The van der Waals surface area contributed by atoms with Gasteiger partial charge in [-0.1, -0.05) is 13.8 Å². The van der Waals surface area contributed by atoms with Crippen LogP contribution in [-0.2, 0) is 11.3 Å². The summed E-state index contributed by atoms with van der Waals surface area (Å²) in [5, 5.41) is 9.19. The Bertz CT molecular complexity index is 870. The second kappa shape index (κ2) is 6.24. The number of ether oxygens (including phenoxy) is 1. The van der Waals surface area contributed by atoms with E-state index < -0.39 is 0 Å². The number of hydrogen-bond acceptors (Lipinski definition) is 4. The van der Waals surface area contributed by atoms with Crippen molar-refractivity contribution in [1.82, 2.24) is 14.8 Å². The molecule has 0 saturated heterocycles. The van der Waals surface area contributed by atoms with Crippen molar-refractivity contribution in [1.29, 1.82) is 0 Å². The Morgan fingerprint density at radius 3 is 2.83 bits per heavy atom. The van der Waals surface area contributed by atoms with Crippen molar-refractivity contribution in [2.75, 3.05) is 12.4 Å². The monoisotopic (exact) mass is 312 g/mol. The lowest BCUT2D eigenvalue weighted by atomic mass is 10.1. The van der Waals surface area contributed by atoms with Crippen LogP contribution in [0.3, 0.4) is 0 Å². The number of benzene rings is 1. The van der Waals surface area contributed by atoms with Gasteiger partial charge in [0.25, 0.3) is 0 Å². The summed E-state index contributed by atoms with van der Waals surface area (Å²) < 4.78 is 7.12. The fraction of sp³-hybridized carbons (Fsp3) is 0.353. The van der Waals surface area contributed by atoms with E-state index in [0.717, 1.165) is 40.7 Å². The van der Waals surface area contributed by atoms with Crippen molar-refractivity contribution in [2.24, 2.45) is 0 Å². The van der Waals surface area contributed by atoms with E-state index in [2.05, 4.69) is 17.3 Å². The molecule has 0 aliphatic heterocycles. The van der Waals surface area contributed by atoms with Gasteiger partial charge in [0.15, 0.2) is 11.5 Å². The number of anilines is 1. The minimum atomic E-state index is -0.0567. The molecule has 2 aromatic heterocycles. The van der Waals surface area contributed by atoms with Gasteiger partial charge in [-0.15, -0.1) is 0 Å². The maximum Gasteiger partial charge on any atom is 0.225 e. The minimum Gasteiger partial charge on any atom is -0.497 e. The number of hydrogen-bond donors (Lipinski definition) is 1. The molecule has 0 spiro atoms. The van der Waals surface area contributed by atoms with E-state index in [-0.39, 0.29) is 5.91 Å². The summed E-state index contributed by atoms with van der Waals surface area (Å²) in [6.07, 6.45) is 1.36. The summed E-state index contributed by atoms with van der Waals surface area (Å²) in [5.74, 6) is 1.29. The topological polar surface area (TPSA) is 69.0 Å². The molecule has 1 N–H and O–H groups in total. The quantitative estimate of drug-likeness (QED) is 0.784. The van der Waals surface area contributed by atoms with Crippen LogP contribution in [0.2, 0.25) is 0 Å². The first-order chi connectivity index (χ1) is 11.2. The molecule has 1 amide bonds. The number of carbonyl (C=O) groups excluding carboxylic acids is 1. The third-order valence-electron chi connectivity index (χ3n) is 3.74. The number of aryl methyl sites for hydroxylation is 1. The molecule has 0 aliphatic rings. The van der Waals surface area contributed by atoms with E-state index >= 15 is 0 Å². The van der Waals surface area contributed by atoms with Gasteiger partial charge in [-0.25, -0.2) is 9.67 Å². The average molecular weight is 312 g/mol. The van der Waals surface area contributed by atoms with Crippen LogP contribution in [-0.4, -0.2) is 27.8 Å². The molecule has 0 atom stereocenters. The zero-order valence-corrected chi connectivity index (χ0v) is 13.6. The molecule has 3 aromatic rings. The number of rotatable bonds is 5. The molecule has 0 radical (unpaired) electrons. The van der Waals surface area contributed by atoms with Crippen LogP contribution >= 0.6 is 0 Å². The Balaban J connectivity index is 2.21. The number of fused-ring (bicyclic) bond motifs is 2. The van der Waals surface area contributed by atoms with Crippen LogP contribution in [0, 0.1) is 0 Å². The summed E-state index contributed by atoms with van der Waals surface area (Å²) in [6.45, 7) is 4.66. The molecule has 120 valence electrons. The highest BCUT2D eigenvalue weighted by Crippen LogP contribution is 2.28. The largest absolute Gasteiger partial charge is 0.497 e. The number of amides is 1. The third-order valence-corrected chi connectivity index (χ3v) is 3.74. The highest BCUT2D eigenvalue weighted by Gasteiger charge is 2.14. The molecule has 23 heavy (non-hydrogen) atoms. The fourth-order valence-corrected chi connectivity index (χ4v) is 2.54. The zero-order chi connectivity index (χ0) is 16.4. The number of pyridine rings is 1. The maximum atomic E-state index is 11.8. The van der Waals surface area contributed by atoms with Crippen molar-refractivity contribution in [2.45, 2.75) is 33.2 Å². The van der Waals surface area contributed by atoms with Crippen LogP contribution < -0.4 is 10.1 Å². The van der Waals surface area contributed by atoms with Crippen LogP contribution in [0.1, 0.15) is 26.7 Å². The van der Waals surface area contributed by atoms with E-state index in [1.807, 2.05) is 35.9 Å². The lowest BCUT2D eigenvalue weighted by Crippen LogP contribution is -2.10.